The maximum atomic E-state index is 2.50. The van der Waals surface area contributed by atoms with Crippen LogP contribution in [0, 0.1) is 0 Å². The number of benzene rings is 7. The molecule has 54 heavy (non-hydrogen) atoms. The summed E-state index contributed by atoms with van der Waals surface area (Å²) in [5.41, 5.74) is 18.1. The fraction of sp³-hybridized carbons (Fsp3) is 0.192. The van der Waals surface area contributed by atoms with Gasteiger partial charge in [0.2, 0.25) is 0 Å². The van der Waals surface area contributed by atoms with Gasteiger partial charge in [0.15, 0.2) is 0 Å². The molecule has 0 spiro atoms. The second kappa shape index (κ2) is 11.6. The van der Waals surface area contributed by atoms with Crippen molar-refractivity contribution in [3.8, 4) is 27.9 Å². The molecule has 10 rings (SSSR count). The van der Waals surface area contributed by atoms with Gasteiger partial charge in [0.25, 0.3) is 0 Å². The van der Waals surface area contributed by atoms with Crippen LogP contribution < -0.4 is 4.90 Å². The molecular weight excluding hydrogens is 653 g/mol. The molecule has 1 aromatic heterocycles. The lowest BCUT2D eigenvalue weighted by atomic mass is 9.82. The summed E-state index contributed by atoms with van der Waals surface area (Å²) < 4.78 is 2.50. The standard InChI is InChI=1S/C52H46N2/c1-50(2)33-51(3,4)47-31-38(26-29-45(47)50)54-48-19-13-11-17-42(48)43-28-25-39(32-49(43)54)53(36-22-20-35(21-23-36)34-14-8-7-9-15-34)37-24-27-41-40-16-10-12-18-44(40)52(5,6)46(41)30-37/h7-32H,33H2,1-6H3. The number of para-hydroxylation sites is 1. The zero-order chi connectivity index (χ0) is 37.0. The van der Waals surface area contributed by atoms with Crippen molar-refractivity contribution in [1.29, 1.82) is 0 Å². The summed E-state index contributed by atoms with van der Waals surface area (Å²) in [6.07, 6.45) is 1.15. The number of anilines is 3. The fourth-order valence-corrected chi connectivity index (χ4v) is 10.2. The van der Waals surface area contributed by atoms with Gasteiger partial charge in [-0.3, -0.25) is 0 Å². The van der Waals surface area contributed by atoms with E-state index in [1.807, 2.05) is 0 Å². The van der Waals surface area contributed by atoms with Crippen LogP contribution in [-0.4, -0.2) is 4.57 Å². The third kappa shape index (κ3) is 4.86. The minimum absolute atomic E-state index is 0.100. The molecule has 0 fully saturated rings. The molecule has 2 aliphatic carbocycles. The second-order valence-electron chi connectivity index (χ2n) is 17.4. The summed E-state index contributed by atoms with van der Waals surface area (Å²) in [4.78, 5) is 2.45. The highest BCUT2D eigenvalue weighted by Gasteiger charge is 2.42. The molecule has 0 N–H and O–H groups in total. The van der Waals surface area contributed by atoms with E-state index in [-0.39, 0.29) is 16.2 Å². The van der Waals surface area contributed by atoms with Gasteiger partial charge in [0, 0.05) is 38.9 Å². The van der Waals surface area contributed by atoms with E-state index in [9.17, 15) is 0 Å². The normalized spacial score (nSPS) is 16.0. The van der Waals surface area contributed by atoms with Gasteiger partial charge < -0.3 is 9.47 Å². The Balaban J connectivity index is 1.18. The van der Waals surface area contributed by atoms with Crippen molar-refractivity contribution < 1.29 is 0 Å². The molecule has 0 unspecified atom stereocenters. The molecule has 8 aromatic rings. The van der Waals surface area contributed by atoms with E-state index in [4.69, 9.17) is 0 Å². The maximum absolute atomic E-state index is 2.50. The van der Waals surface area contributed by atoms with Crippen molar-refractivity contribution >= 4 is 38.9 Å². The van der Waals surface area contributed by atoms with Crippen LogP contribution in [0.3, 0.4) is 0 Å². The van der Waals surface area contributed by atoms with Crippen LogP contribution in [-0.2, 0) is 16.2 Å². The van der Waals surface area contributed by atoms with E-state index in [0.29, 0.717) is 0 Å². The number of nitrogens with zero attached hydrogens (tertiary/aromatic N) is 2. The van der Waals surface area contributed by atoms with E-state index in [2.05, 4.69) is 209 Å². The highest BCUT2D eigenvalue weighted by Crippen LogP contribution is 2.52. The predicted molar refractivity (Wildman–Crippen MR) is 229 cm³/mol. The largest absolute Gasteiger partial charge is 0.310 e. The third-order valence-electron chi connectivity index (χ3n) is 12.6. The summed E-state index contributed by atoms with van der Waals surface area (Å²) in [7, 11) is 0. The van der Waals surface area contributed by atoms with Crippen LogP contribution >= 0.6 is 0 Å². The highest BCUT2D eigenvalue weighted by atomic mass is 15.1. The van der Waals surface area contributed by atoms with Crippen LogP contribution in [0.5, 0.6) is 0 Å². The number of hydrogen-bond acceptors (Lipinski definition) is 1. The smallest absolute Gasteiger partial charge is 0.0561 e. The minimum atomic E-state index is -0.100. The van der Waals surface area contributed by atoms with E-state index >= 15 is 0 Å². The summed E-state index contributed by atoms with van der Waals surface area (Å²) in [5.74, 6) is 0. The molecule has 1 heterocycles. The molecule has 264 valence electrons. The molecule has 7 aromatic carbocycles. The molecule has 0 radical (unpaired) electrons. The van der Waals surface area contributed by atoms with Crippen LogP contribution in [0.15, 0.2) is 158 Å². The topological polar surface area (TPSA) is 8.17 Å². The first-order chi connectivity index (χ1) is 26.0. The van der Waals surface area contributed by atoms with Crippen LogP contribution in [0.4, 0.5) is 17.1 Å². The van der Waals surface area contributed by atoms with Gasteiger partial charge in [-0.25, -0.2) is 0 Å². The molecule has 0 aliphatic heterocycles. The van der Waals surface area contributed by atoms with E-state index < -0.39 is 0 Å². The van der Waals surface area contributed by atoms with Gasteiger partial charge in [-0.2, -0.15) is 0 Å². The molecule has 2 nitrogen and oxygen atoms in total. The van der Waals surface area contributed by atoms with E-state index in [1.54, 1.807) is 0 Å². The average Bonchev–Trinajstić information content (AvgIpc) is 3.70. The Bertz CT molecular complexity index is 2760. The number of aromatic nitrogens is 1. The van der Waals surface area contributed by atoms with Gasteiger partial charge in [0.1, 0.15) is 0 Å². The number of rotatable bonds is 5. The molecule has 2 heteroatoms. The summed E-state index contributed by atoms with van der Waals surface area (Å²) in [6.45, 7) is 14.3. The Morgan fingerprint density at radius 2 is 1.04 bits per heavy atom. The Labute approximate surface area is 319 Å². The number of hydrogen-bond donors (Lipinski definition) is 0. The van der Waals surface area contributed by atoms with E-state index in [1.165, 1.54) is 72.0 Å². The first-order valence-corrected chi connectivity index (χ1v) is 19.4. The van der Waals surface area contributed by atoms with Crippen LogP contribution in [0.1, 0.15) is 70.2 Å². The summed E-state index contributed by atoms with van der Waals surface area (Å²) in [6, 6.07) is 58.9. The molecule has 0 saturated carbocycles. The van der Waals surface area contributed by atoms with Crippen LogP contribution in [0.2, 0.25) is 0 Å². The monoisotopic (exact) mass is 698 g/mol. The minimum Gasteiger partial charge on any atom is -0.310 e. The lowest BCUT2D eigenvalue weighted by Crippen LogP contribution is -2.18. The first-order valence-electron chi connectivity index (χ1n) is 19.4. The van der Waals surface area contributed by atoms with Gasteiger partial charge in [0.05, 0.1) is 11.0 Å². The zero-order valence-corrected chi connectivity index (χ0v) is 32.1. The second-order valence-corrected chi connectivity index (χ2v) is 17.4. The SMILES string of the molecule is CC1(C)CC(C)(C)c2cc(-n3c4ccccc4c4ccc(N(c5ccc(-c6ccccc6)cc5)c5ccc6c(c5)C(C)(C)c5ccccc5-6)cc43)ccc21. The van der Waals surface area contributed by atoms with Gasteiger partial charge in [-0.1, -0.05) is 145 Å². The van der Waals surface area contributed by atoms with Crippen molar-refractivity contribution in [3.63, 3.8) is 0 Å². The highest BCUT2D eigenvalue weighted by molar-refractivity contribution is 6.10. The van der Waals surface area contributed by atoms with Gasteiger partial charge in [-0.15, -0.1) is 0 Å². The van der Waals surface area contributed by atoms with Crippen molar-refractivity contribution in [2.24, 2.45) is 0 Å². The quantitative estimate of drug-likeness (QED) is 0.174. The molecule has 0 bridgehead atoms. The van der Waals surface area contributed by atoms with Gasteiger partial charge in [-0.05, 0) is 116 Å². The average molecular weight is 699 g/mol. The molecule has 0 atom stereocenters. The lowest BCUT2D eigenvalue weighted by Gasteiger charge is -2.28. The van der Waals surface area contributed by atoms with Crippen molar-refractivity contribution in [2.45, 2.75) is 64.2 Å². The predicted octanol–water partition coefficient (Wildman–Crippen LogP) is 14.2. The van der Waals surface area contributed by atoms with E-state index in [0.717, 1.165) is 23.5 Å². The van der Waals surface area contributed by atoms with Crippen molar-refractivity contribution in [3.05, 3.63) is 180 Å². The maximum Gasteiger partial charge on any atom is 0.0561 e. The fourth-order valence-electron chi connectivity index (χ4n) is 10.2. The van der Waals surface area contributed by atoms with Crippen molar-refractivity contribution in [2.75, 3.05) is 4.90 Å². The molecular formula is C52H46N2. The summed E-state index contributed by atoms with van der Waals surface area (Å²) >= 11 is 0. The Morgan fingerprint density at radius 3 is 1.85 bits per heavy atom. The van der Waals surface area contributed by atoms with Crippen LogP contribution in [0.25, 0.3) is 49.7 Å². The van der Waals surface area contributed by atoms with Gasteiger partial charge >= 0.3 is 0 Å². The molecule has 0 amide bonds. The Kier molecular flexibility index (Phi) is 7.02. The number of fused-ring (bicyclic) bond motifs is 7. The first kappa shape index (κ1) is 32.8. The molecule has 0 saturated heterocycles. The third-order valence-corrected chi connectivity index (χ3v) is 12.6. The Hall–Kier alpha value is -5.86. The zero-order valence-electron chi connectivity index (χ0n) is 32.1. The Morgan fingerprint density at radius 1 is 0.426 bits per heavy atom. The molecule has 2 aliphatic rings. The summed E-state index contributed by atoms with van der Waals surface area (Å²) in [5, 5.41) is 2.54. The van der Waals surface area contributed by atoms with Crippen molar-refractivity contribution in [1.82, 2.24) is 4.57 Å². The lowest BCUT2D eigenvalue weighted by molar-refractivity contribution is 0.403.